The molecule has 216 valence electrons. The molecular formula is C29H31ClF4N2O4. The first-order chi connectivity index (χ1) is 19.0. The fourth-order valence-electron chi connectivity index (χ4n) is 5.66. The summed E-state index contributed by atoms with van der Waals surface area (Å²) in [4.78, 5) is 26.2. The summed E-state index contributed by atoms with van der Waals surface area (Å²) in [6.45, 7) is 1.69. The van der Waals surface area contributed by atoms with E-state index in [1.165, 1.54) is 18.2 Å². The lowest BCUT2D eigenvalue weighted by molar-refractivity contribution is -0.139. The molecule has 40 heavy (non-hydrogen) atoms. The summed E-state index contributed by atoms with van der Waals surface area (Å²) in [6, 6.07) is 4.91. The summed E-state index contributed by atoms with van der Waals surface area (Å²) >= 11 is 5.96. The van der Waals surface area contributed by atoms with Gasteiger partial charge in [-0.25, -0.2) is 4.39 Å². The number of hydrogen-bond acceptors (Lipinski definition) is 5. The number of benzene rings is 2. The van der Waals surface area contributed by atoms with Crippen molar-refractivity contribution in [1.29, 1.82) is 0 Å². The molecular weight excluding hydrogens is 552 g/mol. The van der Waals surface area contributed by atoms with E-state index in [-0.39, 0.29) is 34.5 Å². The smallest absolute Gasteiger partial charge is 0.416 e. The number of piperidine rings is 1. The van der Waals surface area contributed by atoms with Gasteiger partial charge in [-0.1, -0.05) is 11.6 Å². The molecule has 6 nitrogen and oxygen atoms in total. The third kappa shape index (κ3) is 6.61. The van der Waals surface area contributed by atoms with Crippen LogP contribution in [0, 0.1) is 11.7 Å². The van der Waals surface area contributed by atoms with Gasteiger partial charge in [-0.15, -0.1) is 0 Å². The number of rotatable bonds is 9. The number of likely N-dealkylation sites (tertiary alicyclic amines) is 1. The Balaban J connectivity index is 1.19. The number of aliphatic carboxylic acids is 1. The first-order valence-corrected chi connectivity index (χ1v) is 13.9. The number of carbonyl (C=O) groups excluding carboxylic acids is 1. The Morgan fingerprint density at radius 1 is 1.02 bits per heavy atom. The zero-order chi connectivity index (χ0) is 28.6. The van der Waals surface area contributed by atoms with E-state index in [1.54, 1.807) is 6.07 Å². The van der Waals surface area contributed by atoms with Crippen LogP contribution in [-0.2, 0) is 17.5 Å². The Morgan fingerprint density at radius 3 is 2.35 bits per heavy atom. The highest BCUT2D eigenvalue weighted by atomic mass is 35.5. The van der Waals surface area contributed by atoms with Gasteiger partial charge >= 0.3 is 12.1 Å². The third-order valence-corrected chi connectivity index (χ3v) is 8.33. The third-order valence-electron chi connectivity index (χ3n) is 8.09. The van der Waals surface area contributed by atoms with Crippen molar-refractivity contribution in [2.24, 2.45) is 5.92 Å². The molecule has 0 amide bonds. The molecule has 2 aromatic carbocycles. The molecule has 0 aromatic heterocycles. The van der Waals surface area contributed by atoms with Gasteiger partial charge in [-0.3, -0.25) is 19.8 Å². The lowest BCUT2D eigenvalue weighted by Crippen LogP contribution is -2.39. The first kappa shape index (κ1) is 28.8. The van der Waals surface area contributed by atoms with Crippen molar-refractivity contribution in [3.05, 3.63) is 63.4 Å². The molecule has 1 saturated carbocycles. The first-order valence-electron chi connectivity index (χ1n) is 13.6. The van der Waals surface area contributed by atoms with Gasteiger partial charge in [0.15, 0.2) is 5.78 Å². The summed E-state index contributed by atoms with van der Waals surface area (Å²) < 4.78 is 61.4. The predicted molar refractivity (Wildman–Crippen MR) is 140 cm³/mol. The van der Waals surface area contributed by atoms with Crippen molar-refractivity contribution in [2.45, 2.75) is 69.2 Å². The highest BCUT2D eigenvalue weighted by Crippen LogP contribution is 2.45. The molecule has 0 spiro atoms. The number of halogens is 5. The number of Topliss-reactive ketones (excluding diaryl/α,β-unsaturated/α-hetero) is 1. The zero-order valence-electron chi connectivity index (χ0n) is 21.8. The minimum atomic E-state index is -4.45. The molecule has 11 heteroatoms. The number of carboxylic acid groups (broad SMARTS) is 1. The molecule has 0 radical (unpaired) electrons. The topological polar surface area (TPSA) is 78.9 Å². The molecule has 5 rings (SSSR count). The van der Waals surface area contributed by atoms with Crippen LogP contribution in [0.4, 0.5) is 17.6 Å². The summed E-state index contributed by atoms with van der Waals surface area (Å²) in [6.07, 6.45) is -0.531. The van der Waals surface area contributed by atoms with Crippen LogP contribution < -0.4 is 10.1 Å². The maximum Gasteiger partial charge on any atom is 0.416 e. The van der Waals surface area contributed by atoms with Crippen LogP contribution in [0.5, 0.6) is 5.75 Å². The van der Waals surface area contributed by atoms with Gasteiger partial charge in [0.1, 0.15) is 17.6 Å². The minimum absolute atomic E-state index is 0.0506. The van der Waals surface area contributed by atoms with Crippen LogP contribution in [0.2, 0.25) is 5.02 Å². The van der Waals surface area contributed by atoms with Crippen molar-refractivity contribution in [1.82, 2.24) is 10.2 Å². The number of ether oxygens (including phenoxy) is 1. The number of nitrogens with one attached hydrogen (secondary N) is 1. The normalized spacial score (nSPS) is 22.4. The minimum Gasteiger partial charge on any atom is -0.493 e. The monoisotopic (exact) mass is 582 g/mol. The van der Waals surface area contributed by atoms with Gasteiger partial charge in [-0.2, -0.15) is 13.2 Å². The van der Waals surface area contributed by atoms with Crippen LogP contribution in [0.25, 0.3) is 0 Å². The second-order valence-electron chi connectivity index (χ2n) is 11.0. The van der Waals surface area contributed by atoms with Gasteiger partial charge in [-0.05, 0) is 98.8 Å². The number of hydrogen-bond donors (Lipinski definition) is 2. The largest absolute Gasteiger partial charge is 0.493 e. The molecule has 3 aliphatic rings. The molecule has 0 bridgehead atoms. The maximum absolute atomic E-state index is 15.1. The van der Waals surface area contributed by atoms with E-state index in [9.17, 15) is 27.9 Å². The Bertz CT molecular complexity index is 1280. The number of carbonyl (C=O) groups is 2. The molecule has 2 saturated heterocycles. The molecule has 1 aliphatic carbocycles. The van der Waals surface area contributed by atoms with E-state index in [4.69, 9.17) is 16.3 Å². The van der Waals surface area contributed by atoms with Crippen LogP contribution in [0.3, 0.4) is 0 Å². The molecule has 2 aromatic rings. The van der Waals surface area contributed by atoms with Gasteiger partial charge < -0.3 is 9.84 Å². The number of alkyl halides is 3. The van der Waals surface area contributed by atoms with Crippen molar-refractivity contribution in [2.75, 3.05) is 19.7 Å². The number of carboxylic acids is 1. The Morgan fingerprint density at radius 2 is 1.73 bits per heavy atom. The van der Waals surface area contributed by atoms with Gasteiger partial charge in [0, 0.05) is 17.6 Å². The predicted octanol–water partition coefficient (Wildman–Crippen LogP) is 6.05. The Hall–Kier alpha value is -2.69. The number of nitrogens with zero attached hydrogens (tertiary/aromatic N) is 1. The van der Waals surface area contributed by atoms with Crippen molar-refractivity contribution < 1.29 is 37.0 Å². The van der Waals surface area contributed by atoms with Gasteiger partial charge in [0.05, 0.1) is 23.8 Å². The van der Waals surface area contributed by atoms with E-state index in [2.05, 4.69) is 5.32 Å². The lowest BCUT2D eigenvalue weighted by atomic mass is 9.96. The molecule has 2 unspecified atom stereocenters. The molecule has 2 aliphatic heterocycles. The average molecular weight is 583 g/mol. The van der Waals surface area contributed by atoms with E-state index < -0.39 is 41.4 Å². The number of ketones is 1. The van der Waals surface area contributed by atoms with Crippen molar-refractivity contribution >= 4 is 23.4 Å². The molecule has 3 fully saturated rings. The molecule has 2 atom stereocenters. The highest BCUT2D eigenvalue weighted by Gasteiger charge is 2.37. The van der Waals surface area contributed by atoms with Gasteiger partial charge in [0.2, 0.25) is 0 Å². The molecule has 2 heterocycles. The maximum atomic E-state index is 15.1. The van der Waals surface area contributed by atoms with Crippen molar-refractivity contribution in [3.8, 4) is 5.75 Å². The highest BCUT2D eigenvalue weighted by molar-refractivity contribution is 6.30. The van der Waals surface area contributed by atoms with Crippen LogP contribution in [0.1, 0.15) is 71.5 Å². The van der Waals surface area contributed by atoms with Crippen LogP contribution in [0.15, 0.2) is 30.3 Å². The Kier molecular flexibility index (Phi) is 8.40. The standard InChI is InChI=1S/C29H31ClF4N2O4/c30-19-3-4-22(29(32,33)34)18(11-19)14-36-9-7-16(8-10-36)15-40-26-13-23(31)21(12-20(26)17-1-2-17)27(37)24-5-6-25(35-24)28(38)39/h3-4,11-13,16-17,24-25,35H,1-2,5-10,14-15H2,(H,38,39). The summed E-state index contributed by atoms with van der Waals surface area (Å²) in [5.74, 6) is -1.41. The molecule has 2 N–H and O–H groups in total. The Labute approximate surface area is 234 Å². The average Bonchev–Trinajstić information content (AvgIpc) is 3.61. The summed E-state index contributed by atoms with van der Waals surface area (Å²) in [7, 11) is 0. The SMILES string of the molecule is O=C(O)C1CCC(C(=O)c2cc(C3CC3)c(OCC3CCN(Cc4cc(Cl)ccc4C(F)(F)F)CC3)cc2F)N1. The van der Waals surface area contributed by atoms with Crippen LogP contribution >= 0.6 is 11.6 Å². The van der Waals surface area contributed by atoms with E-state index in [1.807, 2.05) is 4.90 Å². The zero-order valence-corrected chi connectivity index (χ0v) is 22.5. The quantitative estimate of drug-likeness (QED) is 0.277. The van der Waals surface area contributed by atoms with E-state index >= 15 is 4.39 Å². The van der Waals surface area contributed by atoms with Crippen LogP contribution in [-0.4, -0.2) is 53.5 Å². The lowest BCUT2D eigenvalue weighted by Gasteiger charge is -2.32. The summed E-state index contributed by atoms with van der Waals surface area (Å²) in [5, 5.41) is 12.2. The van der Waals surface area contributed by atoms with E-state index in [0.717, 1.165) is 37.3 Å². The second-order valence-corrected chi connectivity index (χ2v) is 11.5. The fourth-order valence-corrected chi connectivity index (χ4v) is 5.86. The van der Waals surface area contributed by atoms with Gasteiger partial charge in [0.25, 0.3) is 0 Å². The second kappa shape index (κ2) is 11.7. The van der Waals surface area contributed by atoms with Crippen molar-refractivity contribution in [3.63, 3.8) is 0 Å². The van der Waals surface area contributed by atoms with E-state index in [0.29, 0.717) is 38.3 Å². The fraction of sp³-hybridized carbons (Fsp3) is 0.517. The summed E-state index contributed by atoms with van der Waals surface area (Å²) in [5.41, 5.74) is 0.213.